The molecule has 0 unspecified atom stereocenters. The summed E-state index contributed by atoms with van der Waals surface area (Å²) < 4.78 is 1.78. The number of anilines is 1. The van der Waals surface area contributed by atoms with E-state index < -0.39 is 11.6 Å². The number of carbonyl (C=O) groups excluding carboxylic acids is 1. The molecule has 5 N–H and O–H groups in total. The van der Waals surface area contributed by atoms with Gasteiger partial charge in [-0.2, -0.15) is 0 Å². The summed E-state index contributed by atoms with van der Waals surface area (Å²) in [5.41, 5.74) is 6.77. The summed E-state index contributed by atoms with van der Waals surface area (Å²) in [6, 6.07) is 6.80. The maximum absolute atomic E-state index is 12.5. The van der Waals surface area contributed by atoms with Gasteiger partial charge in [0.2, 0.25) is 5.91 Å². The fraction of sp³-hybridized carbons (Fsp3) is 0.450. The number of aliphatic hydroxyl groups is 2. The summed E-state index contributed by atoms with van der Waals surface area (Å²) in [5.74, 6) is 0.302. The first-order valence-corrected chi connectivity index (χ1v) is 9.30. The Balaban J connectivity index is 2.26. The highest BCUT2D eigenvalue weighted by atomic mass is 16.3. The zero-order valence-corrected chi connectivity index (χ0v) is 16.6. The zero-order chi connectivity index (χ0) is 20.6. The molecule has 0 saturated carbocycles. The van der Waals surface area contributed by atoms with Crippen molar-refractivity contribution in [1.29, 1.82) is 0 Å². The van der Waals surface area contributed by atoms with Crippen molar-refractivity contribution in [3.8, 4) is 0 Å². The Morgan fingerprint density at radius 1 is 1.29 bits per heavy atom. The van der Waals surface area contributed by atoms with Gasteiger partial charge in [0.25, 0.3) is 0 Å². The summed E-state index contributed by atoms with van der Waals surface area (Å²) in [7, 11) is 0. The van der Waals surface area contributed by atoms with E-state index in [2.05, 4.69) is 15.3 Å². The van der Waals surface area contributed by atoms with Gasteiger partial charge in [-0.3, -0.25) is 4.79 Å². The number of carbonyl (C=O) groups is 1. The first kappa shape index (κ1) is 20.2. The number of imidazole rings is 1. The monoisotopic (exact) mass is 385 g/mol. The van der Waals surface area contributed by atoms with Crippen LogP contribution in [0.3, 0.4) is 0 Å². The van der Waals surface area contributed by atoms with Crippen molar-refractivity contribution in [2.24, 2.45) is 11.7 Å². The summed E-state index contributed by atoms with van der Waals surface area (Å²) >= 11 is 0. The molecule has 1 aromatic carbocycles. The Bertz CT molecular complexity index is 1020. The van der Waals surface area contributed by atoms with Crippen LogP contribution in [0, 0.1) is 5.92 Å². The van der Waals surface area contributed by atoms with E-state index in [1.54, 1.807) is 18.4 Å². The van der Waals surface area contributed by atoms with Gasteiger partial charge in [-0.1, -0.05) is 32.0 Å². The van der Waals surface area contributed by atoms with Crippen LogP contribution in [0.5, 0.6) is 0 Å². The minimum atomic E-state index is -1.02. The molecule has 150 valence electrons. The van der Waals surface area contributed by atoms with Crippen molar-refractivity contribution in [3.63, 3.8) is 0 Å². The van der Waals surface area contributed by atoms with Crippen molar-refractivity contribution in [2.45, 2.75) is 52.5 Å². The van der Waals surface area contributed by atoms with E-state index in [9.17, 15) is 15.0 Å². The summed E-state index contributed by atoms with van der Waals surface area (Å²) in [6.07, 6.45) is 0. The molecular formula is C20H27N5O3. The number of hydrogen-bond donors (Lipinski definition) is 4. The van der Waals surface area contributed by atoms with Gasteiger partial charge in [0.05, 0.1) is 29.2 Å². The topological polar surface area (TPSA) is 126 Å². The quantitative estimate of drug-likeness (QED) is 0.512. The Hall–Kier alpha value is -2.55. The molecule has 2 heterocycles. The van der Waals surface area contributed by atoms with Crippen LogP contribution in [0.1, 0.15) is 33.5 Å². The molecular weight excluding hydrogens is 358 g/mol. The van der Waals surface area contributed by atoms with Gasteiger partial charge in [0, 0.05) is 5.39 Å². The van der Waals surface area contributed by atoms with Crippen LogP contribution in [-0.4, -0.2) is 42.3 Å². The standard InChI is InChI=1S/C20H27N5O3/c1-11(2)15(21)19(27)24-18-16-17(12-7-5-6-8-13(12)22-18)25(10-20(3,4)28)14(9-26)23-16/h5-8,11,15,26,28H,9-10,21H2,1-4H3,(H,22,24,27)/t15-/m0/s1. The average molecular weight is 385 g/mol. The lowest BCUT2D eigenvalue weighted by atomic mass is 10.1. The molecule has 3 aromatic rings. The van der Waals surface area contributed by atoms with E-state index >= 15 is 0 Å². The molecule has 0 saturated heterocycles. The molecule has 0 fully saturated rings. The first-order chi connectivity index (χ1) is 13.1. The minimum Gasteiger partial charge on any atom is -0.389 e. The highest BCUT2D eigenvalue weighted by molar-refractivity contribution is 6.10. The second-order valence-corrected chi connectivity index (χ2v) is 8.02. The van der Waals surface area contributed by atoms with E-state index in [1.165, 1.54) is 0 Å². The van der Waals surface area contributed by atoms with Gasteiger partial charge >= 0.3 is 0 Å². The average Bonchev–Trinajstić information content (AvgIpc) is 2.98. The molecule has 0 bridgehead atoms. The molecule has 2 aromatic heterocycles. The van der Waals surface area contributed by atoms with Crippen LogP contribution in [0.4, 0.5) is 5.82 Å². The number of nitrogens with two attached hydrogens (primary N) is 1. The molecule has 0 radical (unpaired) electrons. The van der Waals surface area contributed by atoms with Gasteiger partial charge in [-0.15, -0.1) is 0 Å². The van der Waals surface area contributed by atoms with Crippen molar-refractivity contribution in [3.05, 3.63) is 30.1 Å². The van der Waals surface area contributed by atoms with Crippen LogP contribution < -0.4 is 11.1 Å². The number of para-hydroxylation sites is 1. The second kappa shape index (κ2) is 7.46. The maximum atomic E-state index is 12.5. The van der Waals surface area contributed by atoms with Gasteiger partial charge < -0.3 is 25.8 Å². The Morgan fingerprint density at radius 2 is 1.96 bits per heavy atom. The van der Waals surface area contributed by atoms with E-state index in [0.29, 0.717) is 28.2 Å². The Morgan fingerprint density at radius 3 is 2.57 bits per heavy atom. The van der Waals surface area contributed by atoms with E-state index in [1.807, 2.05) is 38.1 Å². The molecule has 0 aliphatic heterocycles. The van der Waals surface area contributed by atoms with Crippen molar-refractivity contribution in [1.82, 2.24) is 14.5 Å². The molecule has 1 atom stereocenters. The third-order valence-corrected chi connectivity index (χ3v) is 4.61. The van der Waals surface area contributed by atoms with Crippen LogP contribution in [0.25, 0.3) is 21.9 Å². The smallest absolute Gasteiger partial charge is 0.242 e. The van der Waals surface area contributed by atoms with Crippen molar-refractivity contribution < 1.29 is 15.0 Å². The van der Waals surface area contributed by atoms with Gasteiger partial charge in [-0.05, 0) is 25.8 Å². The largest absolute Gasteiger partial charge is 0.389 e. The van der Waals surface area contributed by atoms with Gasteiger partial charge in [0.15, 0.2) is 5.82 Å². The number of rotatable bonds is 6. The molecule has 8 heteroatoms. The van der Waals surface area contributed by atoms with Gasteiger partial charge in [0.1, 0.15) is 17.9 Å². The summed E-state index contributed by atoms with van der Waals surface area (Å²) in [6.45, 7) is 7.04. The predicted molar refractivity (Wildman–Crippen MR) is 109 cm³/mol. The number of nitrogens with zero attached hydrogens (tertiary/aromatic N) is 3. The molecule has 0 aliphatic rings. The van der Waals surface area contributed by atoms with Crippen LogP contribution in [0.2, 0.25) is 0 Å². The van der Waals surface area contributed by atoms with E-state index in [-0.39, 0.29) is 25.0 Å². The third-order valence-electron chi connectivity index (χ3n) is 4.61. The number of nitrogens with one attached hydrogen (secondary N) is 1. The Kier molecular flexibility index (Phi) is 5.38. The summed E-state index contributed by atoms with van der Waals surface area (Å²) in [4.78, 5) is 21.6. The SMILES string of the molecule is CC(C)[C@H](N)C(=O)Nc1nc2ccccc2c2c1nc(CO)n2CC(C)(C)O. The lowest BCUT2D eigenvalue weighted by molar-refractivity contribution is -0.118. The fourth-order valence-electron chi connectivity index (χ4n) is 3.15. The molecule has 8 nitrogen and oxygen atoms in total. The fourth-order valence-corrected chi connectivity index (χ4v) is 3.15. The molecule has 1 amide bonds. The Labute approximate surface area is 163 Å². The number of aromatic nitrogens is 3. The lowest BCUT2D eigenvalue weighted by Gasteiger charge is -2.20. The maximum Gasteiger partial charge on any atom is 0.242 e. The van der Waals surface area contributed by atoms with E-state index in [0.717, 1.165) is 5.39 Å². The minimum absolute atomic E-state index is 0.0308. The van der Waals surface area contributed by atoms with Crippen LogP contribution in [-0.2, 0) is 17.9 Å². The lowest BCUT2D eigenvalue weighted by Crippen LogP contribution is -2.40. The highest BCUT2D eigenvalue weighted by Crippen LogP contribution is 2.31. The van der Waals surface area contributed by atoms with Crippen LogP contribution in [0.15, 0.2) is 24.3 Å². The normalized spacial score (nSPS) is 13.4. The number of pyridine rings is 1. The first-order valence-electron chi connectivity index (χ1n) is 9.30. The summed E-state index contributed by atoms with van der Waals surface area (Å²) in [5, 5.41) is 23.8. The van der Waals surface area contributed by atoms with Crippen LogP contribution >= 0.6 is 0 Å². The number of amides is 1. The molecule has 3 rings (SSSR count). The number of fused-ring (bicyclic) bond motifs is 3. The zero-order valence-electron chi connectivity index (χ0n) is 16.6. The number of benzene rings is 1. The van der Waals surface area contributed by atoms with E-state index in [4.69, 9.17) is 5.73 Å². The van der Waals surface area contributed by atoms with Crippen molar-refractivity contribution in [2.75, 3.05) is 5.32 Å². The molecule has 0 spiro atoms. The molecule has 0 aliphatic carbocycles. The number of hydrogen-bond acceptors (Lipinski definition) is 6. The third kappa shape index (κ3) is 3.84. The molecule has 28 heavy (non-hydrogen) atoms. The van der Waals surface area contributed by atoms with Crippen molar-refractivity contribution >= 4 is 33.7 Å². The predicted octanol–water partition coefficient (Wildman–Crippen LogP) is 1.77. The second-order valence-electron chi connectivity index (χ2n) is 8.02. The highest BCUT2D eigenvalue weighted by Gasteiger charge is 2.25. The number of aliphatic hydroxyl groups excluding tert-OH is 1. The van der Waals surface area contributed by atoms with Gasteiger partial charge in [-0.25, -0.2) is 9.97 Å².